The van der Waals surface area contributed by atoms with Crippen molar-refractivity contribution in [3.63, 3.8) is 0 Å². The predicted molar refractivity (Wildman–Crippen MR) is 74.2 cm³/mol. The Balaban J connectivity index is 2.05. The summed E-state index contributed by atoms with van der Waals surface area (Å²) >= 11 is 1.95. The van der Waals surface area contributed by atoms with Gasteiger partial charge in [-0.2, -0.15) is 11.8 Å². The van der Waals surface area contributed by atoms with Gasteiger partial charge < -0.3 is 5.32 Å². The van der Waals surface area contributed by atoms with E-state index in [1.807, 2.05) is 11.8 Å². The maximum atomic E-state index is 10.8. The minimum atomic E-state index is -0.367. The molecule has 0 radical (unpaired) electrons. The lowest BCUT2D eigenvalue weighted by Crippen LogP contribution is -2.27. The van der Waals surface area contributed by atoms with E-state index in [0.29, 0.717) is 11.4 Å². The first-order valence-corrected chi connectivity index (χ1v) is 6.98. The monoisotopic (exact) mass is 267 g/mol. The van der Waals surface area contributed by atoms with Crippen LogP contribution in [-0.2, 0) is 0 Å². The first-order valence-electron chi connectivity index (χ1n) is 5.99. The van der Waals surface area contributed by atoms with E-state index in [1.165, 1.54) is 24.7 Å². The molecule has 1 fully saturated rings. The smallest absolute Gasteiger partial charge is 0.277 e. The lowest BCUT2D eigenvalue weighted by atomic mass is 10.1. The molecular weight excluding hydrogens is 250 g/mol. The van der Waals surface area contributed by atoms with E-state index in [2.05, 4.69) is 17.2 Å². The van der Waals surface area contributed by atoms with Gasteiger partial charge in [0.15, 0.2) is 0 Å². The molecule has 98 valence electrons. The maximum Gasteiger partial charge on any atom is 0.277 e. The van der Waals surface area contributed by atoms with Crippen LogP contribution in [0.3, 0.4) is 0 Å². The summed E-state index contributed by atoms with van der Waals surface area (Å²) in [6.45, 7) is 4.72. The zero-order chi connectivity index (χ0) is 13.2. The minimum absolute atomic E-state index is 0.122. The van der Waals surface area contributed by atoms with Crippen LogP contribution in [-0.4, -0.2) is 27.0 Å². The van der Waals surface area contributed by atoms with E-state index in [0.717, 1.165) is 6.54 Å². The molecule has 0 bridgehead atoms. The SMILES string of the molecule is Cc1cnc(NCC2(C)CCCS2)cc1[N+](=O)[O-]. The summed E-state index contributed by atoms with van der Waals surface area (Å²) in [5, 5.41) is 14.1. The molecular formula is C12H17N3O2S. The number of nitrogens with one attached hydrogen (secondary N) is 1. The fourth-order valence-electron chi connectivity index (χ4n) is 2.06. The van der Waals surface area contributed by atoms with Gasteiger partial charge in [-0.3, -0.25) is 10.1 Å². The van der Waals surface area contributed by atoms with Gasteiger partial charge in [-0.05, 0) is 32.4 Å². The van der Waals surface area contributed by atoms with Crippen molar-refractivity contribution >= 4 is 23.3 Å². The number of rotatable bonds is 4. The standard InChI is InChI=1S/C12H17N3O2S/c1-9-7-13-11(6-10(9)15(16)17)14-8-12(2)4-3-5-18-12/h6-7H,3-5,8H2,1-2H3,(H,13,14). The van der Waals surface area contributed by atoms with Crippen LogP contribution in [0.25, 0.3) is 0 Å². The average molecular weight is 267 g/mol. The highest BCUT2D eigenvalue weighted by Gasteiger charge is 2.29. The van der Waals surface area contributed by atoms with Crippen LogP contribution in [0.4, 0.5) is 11.5 Å². The number of thioether (sulfide) groups is 1. The third kappa shape index (κ3) is 2.93. The van der Waals surface area contributed by atoms with Crippen molar-refractivity contribution in [2.75, 3.05) is 17.6 Å². The van der Waals surface area contributed by atoms with Crippen LogP contribution in [0, 0.1) is 17.0 Å². The molecule has 0 aliphatic carbocycles. The molecule has 0 spiro atoms. The highest BCUT2D eigenvalue weighted by molar-refractivity contribution is 8.00. The second-order valence-corrected chi connectivity index (χ2v) is 6.55. The molecule has 1 aromatic heterocycles. The zero-order valence-corrected chi connectivity index (χ0v) is 11.4. The van der Waals surface area contributed by atoms with Crippen molar-refractivity contribution < 1.29 is 4.92 Å². The summed E-state index contributed by atoms with van der Waals surface area (Å²) in [5.74, 6) is 1.78. The molecule has 0 amide bonds. The van der Waals surface area contributed by atoms with Gasteiger partial charge >= 0.3 is 0 Å². The fraction of sp³-hybridized carbons (Fsp3) is 0.583. The summed E-state index contributed by atoms with van der Waals surface area (Å²) in [5.41, 5.74) is 0.712. The number of hydrogen-bond acceptors (Lipinski definition) is 5. The third-order valence-electron chi connectivity index (χ3n) is 3.22. The molecule has 1 aromatic rings. The second-order valence-electron chi connectivity index (χ2n) is 4.87. The molecule has 5 nitrogen and oxygen atoms in total. The topological polar surface area (TPSA) is 68.1 Å². The summed E-state index contributed by atoms with van der Waals surface area (Å²) in [7, 11) is 0. The summed E-state index contributed by atoms with van der Waals surface area (Å²) in [4.78, 5) is 14.7. The predicted octanol–water partition coefficient (Wildman–Crippen LogP) is 3.00. The minimum Gasteiger partial charge on any atom is -0.368 e. The quantitative estimate of drug-likeness (QED) is 0.671. The summed E-state index contributed by atoms with van der Waals surface area (Å²) in [6, 6.07) is 1.51. The largest absolute Gasteiger partial charge is 0.368 e. The van der Waals surface area contributed by atoms with E-state index in [4.69, 9.17) is 0 Å². The second kappa shape index (κ2) is 5.14. The zero-order valence-electron chi connectivity index (χ0n) is 10.6. The Bertz CT molecular complexity index is 459. The van der Waals surface area contributed by atoms with Crippen LogP contribution in [0.1, 0.15) is 25.3 Å². The molecule has 0 aromatic carbocycles. The van der Waals surface area contributed by atoms with E-state index in [1.54, 1.807) is 13.1 Å². The summed E-state index contributed by atoms with van der Waals surface area (Å²) < 4.78 is 0.224. The van der Waals surface area contributed by atoms with Gasteiger partial charge in [-0.1, -0.05) is 0 Å². The Kier molecular flexibility index (Phi) is 3.75. The normalized spacial score (nSPS) is 23.0. The van der Waals surface area contributed by atoms with E-state index >= 15 is 0 Å². The maximum absolute atomic E-state index is 10.8. The highest BCUT2D eigenvalue weighted by Crippen LogP contribution is 2.37. The van der Waals surface area contributed by atoms with Crippen LogP contribution < -0.4 is 5.32 Å². The van der Waals surface area contributed by atoms with Gasteiger partial charge in [0.2, 0.25) is 0 Å². The lowest BCUT2D eigenvalue weighted by Gasteiger charge is -2.23. The molecule has 6 heteroatoms. The van der Waals surface area contributed by atoms with Crippen LogP contribution >= 0.6 is 11.8 Å². The number of aryl methyl sites for hydroxylation is 1. The first kappa shape index (κ1) is 13.1. The van der Waals surface area contributed by atoms with Crippen molar-refractivity contribution in [2.45, 2.75) is 31.4 Å². The Morgan fingerprint density at radius 2 is 2.44 bits per heavy atom. The molecule has 1 aliphatic rings. The number of anilines is 1. The molecule has 2 heterocycles. The van der Waals surface area contributed by atoms with E-state index in [-0.39, 0.29) is 15.4 Å². The number of nitro groups is 1. The third-order valence-corrected chi connectivity index (χ3v) is 4.75. The summed E-state index contributed by atoms with van der Waals surface area (Å²) in [6.07, 6.45) is 3.97. The molecule has 2 rings (SSSR count). The Hall–Kier alpha value is -1.30. The molecule has 0 saturated carbocycles. The first-order chi connectivity index (χ1) is 8.50. The fourth-order valence-corrected chi connectivity index (χ4v) is 3.30. The highest BCUT2D eigenvalue weighted by atomic mass is 32.2. The van der Waals surface area contributed by atoms with Gasteiger partial charge in [0.25, 0.3) is 5.69 Å². The molecule has 1 saturated heterocycles. The number of nitrogens with zero attached hydrogens (tertiary/aromatic N) is 2. The Labute approximate surface area is 111 Å². The van der Waals surface area contributed by atoms with Crippen molar-refractivity contribution in [1.29, 1.82) is 0 Å². The molecule has 1 atom stereocenters. The van der Waals surface area contributed by atoms with Crippen LogP contribution in [0.15, 0.2) is 12.3 Å². The van der Waals surface area contributed by atoms with E-state index < -0.39 is 0 Å². The molecule has 18 heavy (non-hydrogen) atoms. The van der Waals surface area contributed by atoms with Gasteiger partial charge in [-0.25, -0.2) is 4.98 Å². The van der Waals surface area contributed by atoms with Crippen molar-refractivity contribution in [3.05, 3.63) is 27.9 Å². The number of hydrogen-bond donors (Lipinski definition) is 1. The van der Waals surface area contributed by atoms with Crippen molar-refractivity contribution in [1.82, 2.24) is 4.98 Å². The average Bonchev–Trinajstić information content (AvgIpc) is 2.75. The van der Waals surface area contributed by atoms with Crippen LogP contribution in [0.5, 0.6) is 0 Å². The van der Waals surface area contributed by atoms with Gasteiger partial charge in [0, 0.05) is 23.1 Å². The Morgan fingerprint density at radius 3 is 3.06 bits per heavy atom. The van der Waals surface area contributed by atoms with Crippen molar-refractivity contribution in [2.24, 2.45) is 0 Å². The number of aromatic nitrogens is 1. The van der Waals surface area contributed by atoms with Crippen LogP contribution in [0.2, 0.25) is 0 Å². The number of pyridine rings is 1. The van der Waals surface area contributed by atoms with Crippen molar-refractivity contribution in [3.8, 4) is 0 Å². The molecule has 1 unspecified atom stereocenters. The lowest BCUT2D eigenvalue weighted by molar-refractivity contribution is -0.385. The molecule has 1 aliphatic heterocycles. The van der Waals surface area contributed by atoms with Gasteiger partial charge in [0.05, 0.1) is 11.0 Å². The van der Waals surface area contributed by atoms with Gasteiger partial charge in [0.1, 0.15) is 5.82 Å². The van der Waals surface area contributed by atoms with E-state index in [9.17, 15) is 10.1 Å². The molecule has 1 N–H and O–H groups in total. The Morgan fingerprint density at radius 1 is 1.67 bits per heavy atom. The van der Waals surface area contributed by atoms with Gasteiger partial charge in [-0.15, -0.1) is 0 Å².